The highest BCUT2D eigenvalue weighted by atomic mass is 16.5. The minimum Gasteiger partial charge on any atom is -0.491 e. The molecule has 2 rings (SSSR count). The lowest BCUT2D eigenvalue weighted by Gasteiger charge is -2.34. The molecular formula is C16H25NO2. The van der Waals surface area contributed by atoms with Gasteiger partial charge in [0.25, 0.3) is 0 Å². The van der Waals surface area contributed by atoms with E-state index >= 15 is 0 Å². The van der Waals surface area contributed by atoms with Crippen molar-refractivity contribution < 1.29 is 9.47 Å². The van der Waals surface area contributed by atoms with Crippen molar-refractivity contribution >= 4 is 0 Å². The molecule has 1 aliphatic heterocycles. The molecule has 1 aromatic rings. The highest BCUT2D eigenvalue weighted by molar-refractivity contribution is 5.37. The summed E-state index contributed by atoms with van der Waals surface area (Å²) in [6, 6.07) is 8.41. The Kier molecular flexibility index (Phi) is 4.48. The molecule has 2 atom stereocenters. The molecule has 0 bridgehead atoms. The minimum absolute atomic E-state index is 0.148. The Balaban J connectivity index is 2.32. The van der Waals surface area contributed by atoms with Gasteiger partial charge in [0.05, 0.1) is 17.7 Å². The second-order valence-electron chi connectivity index (χ2n) is 5.69. The molecule has 3 nitrogen and oxygen atoms in total. The first-order valence-corrected chi connectivity index (χ1v) is 7.13. The van der Waals surface area contributed by atoms with Crippen LogP contribution in [0.5, 0.6) is 5.75 Å². The smallest absolute Gasteiger partial charge is 0.124 e. The molecule has 0 saturated carbocycles. The maximum atomic E-state index is 5.99. The van der Waals surface area contributed by atoms with Crippen LogP contribution in [0.4, 0.5) is 0 Å². The van der Waals surface area contributed by atoms with E-state index in [0.29, 0.717) is 0 Å². The quantitative estimate of drug-likeness (QED) is 0.884. The van der Waals surface area contributed by atoms with Crippen LogP contribution >= 0.6 is 0 Å². The molecule has 3 heteroatoms. The van der Waals surface area contributed by atoms with Gasteiger partial charge in [-0.05, 0) is 46.7 Å². The number of benzene rings is 1. The van der Waals surface area contributed by atoms with Gasteiger partial charge in [0.1, 0.15) is 5.75 Å². The molecule has 1 heterocycles. The van der Waals surface area contributed by atoms with E-state index in [1.165, 1.54) is 5.56 Å². The monoisotopic (exact) mass is 263 g/mol. The van der Waals surface area contributed by atoms with Gasteiger partial charge in [-0.3, -0.25) is 0 Å². The summed E-state index contributed by atoms with van der Waals surface area (Å²) < 4.78 is 11.9. The summed E-state index contributed by atoms with van der Waals surface area (Å²) in [5.41, 5.74) is 1.04. The number of likely N-dealkylation sites (N-methyl/N-ethyl adjacent to an activating group) is 1. The molecule has 2 unspecified atom stereocenters. The number of ether oxygens (including phenoxy) is 2. The molecule has 0 aliphatic carbocycles. The molecule has 0 radical (unpaired) electrons. The fraction of sp³-hybridized carbons (Fsp3) is 0.625. The zero-order chi connectivity index (χ0) is 13.9. The zero-order valence-electron chi connectivity index (χ0n) is 12.4. The van der Waals surface area contributed by atoms with E-state index < -0.39 is 0 Å². The van der Waals surface area contributed by atoms with Crippen LogP contribution in [0.2, 0.25) is 0 Å². The van der Waals surface area contributed by atoms with E-state index in [0.717, 1.165) is 25.2 Å². The first kappa shape index (κ1) is 14.4. The normalized spacial score (nSPS) is 24.7. The van der Waals surface area contributed by atoms with Gasteiger partial charge in [-0.15, -0.1) is 0 Å². The Morgan fingerprint density at radius 3 is 2.63 bits per heavy atom. The molecule has 0 amide bonds. The van der Waals surface area contributed by atoms with E-state index in [9.17, 15) is 0 Å². The van der Waals surface area contributed by atoms with Crippen LogP contribution in [0.3, 0.4) is 0 Å². The molecule has 1 saturated heterocycles. The number of nitrogens with one attached hydrogen (secondary N) is 1. The molecule has 1 N–H and O–H groups in total. The van der Waals surface area contributed by atoms with E-state index in [-0.39, 0.29) is 17.7 Å². The molecule has 106 valence electrons. The summed E-state index contributed by atoms with van der Waals surface area (Å²) in [5.74, 6) is 0.952. The molecule has 0 spiro atoms. The Bertz CT molecular complexity index is 411. The van der Waals surface area contributed by atoms with E-state index in [4.69, 9.17) is 9.47 Å². The number of para-hydroxylation sites is 1. The maximum absolute atomic E-state index is 5.99. The van der Waals surface area contributed by atoms with Crippen LogP contribution in [0, 0.1) is 0 Å². The third-order valence-corrected chi connectivity index (χ3v) is 3.74. The average molecular weight is 263 g/mol. The van der Waals surface area contributed by atoms with Crippen LogP contribution in [0.15, 0.2) is 24.3 Å². The second kappa shape index (κ2) is 5.93. The third-order valence-electron chi connectivity index (χ3n) is 3.74. The molecular weight excluding hydrogens is 238 g/mol. The Morgan fingerprint density at radius 2 is 2.05 bits per heavy atom. The zero-order valence-corrected chi connectivity index (χ0v) is 12.4. The van der Waals surface area contributed by atoms with Gasteiger partial charge in [0, 0.05) is 12.2 Å². The number of hydrogen-bond acceptors (Lipinski definition) is 3. The van der Waals surface area contributed by atoms with Crippen molar-refractivity contribution in [2.24, 2.45) is 0 Å². The maximum Gasteiger partial charge on any atom is 0.124 e. The van der Waals surface area contributed by atoms with Crippen LogP contribution in [-0.4, -0.2) is 25.4 Å². The van der Waals surface area contributed by atoms with Gasteiger partial charge in [0.2, 0.25) is 0 Å². The molecule has 19 heavy (non-hydrogen) atoms. The van der Waals surface area contributed by atoms with Gasteiger partial charge in [-0.2, -0.15) is 0 Å². The van der Waals surface area contributed by atoms with Crippen molar-refractivity contribution in [2.45, 2.75) is 51.4 Å². The first-order valence-electron chi connectivity index (χ1n) is 7.13. The first-order chi connectivity index (χ1) is 9.07. The lowest BCUT2D eigenvalue weighted by atomic mass is 9.87. The van der Waals surface area contributed by atoms with Crippen LogP contribution in [0.1, 0.15) is 45.2 Å². The Labute approximate surface area is 116 Å². The van der Waals surface area contributed by atoms with Gasteiger partial charge in [-0.25, -0.2) is 0 Å². The second-order valence-corrected chi connectivity index (χ2v) is 5.69. The summed E-state index contributed by atoms with van der Waals surface area (Å²) in [6.45, 7) is 7.15. The van der Waals surface area contributed by atoms with Gasteiger partial charge < -0.3 is 14.8 Å². The van der Waals surface area contributed by atoms with Crippen LogP contribution < -0.4 is 10.1 Å². The van der Waals surface area contributed by atoms with Crippen molar-refractivity contribution in [2.75, 3.05) is 13.7 Å². The minimum atomic E-state index is -0.148. The van der Waals surface area contributed by atoms with Crippen molar-refractivity contribution in [1.29, 1.82) is 0 Å². The largest absolute Gasteiger partial charge is 0.491 e. The van der Waals surface area contributed by atoms with E-state index in [1.54, 1.807) is 0 Å². The summed E-state index contributed by atoms with van der Waals surface area (Å²) in [4.78, 5) is 0. The lowest BCUT2D eigenvalue weighted by Crippen LogP contribution is -2.40. The SMILES string of the molecule is CNC(c1ccccc1OC(C)C)C1(C)CCCO1. The van der Waals surface area contributed by atoms with E-state index in [2.05, 4.69) is 38.2 Å². The van der Waals surface area contributed by atoms with Crippen molar-refractivity contribution in [3.8, 4) is 5.75 Å². The standard InChI is InChI=1S/C16H25NO2/c1-12(2)19-14-9-6-5-8-13(14)15(17-4)16(3)10-7-11-18-16/h5-6,8-9,12,15,17H,7,10-11H2,1-4H3. The Hall–Kier alpha value is -1.06. The molecule has 1 fully saturated rings. The van der Waals surface area contributed by atoms with Crippen molar-refractivity contribution in [1.82, 2.24) is 5.32 Å². The molecule has 1 aliphatic rings. The lowest BCUT2D eigenvalue weighted by molar-refractivity contribution is -0.0113. The van der Waals surface area contributed by atoms with Gasteiger partial charge >= 0.3 is 0 Å². The molecule has 0 aromatic heterocycles. The fourth-order valence-electron chi connectivity index (χ4n) is 2.90. The highest BCUT2D eigenvalue weighted by Gasteiger charge is 2.39. The van der Waals surface area contributed by atoms with Crippen molar-refractivity contribution in [3.05, 3.63) is 29.8 Å². The topological polar surface area (TPSA) is 30.5 Å². The molecule has 1 aromatic carbocycles. The van der Waals surface area contributed by atoms with Gasteiger partial charge in [0.15, 0.2) is 0 Å². The summed E-state index contributed by atoms with van der Waals surface area (Å²) in [6.07, 6.45) is 2.38. The fourth-order valence-corrected chi connectivity index (χ4v) is 2.90. The third kappa shape index (κ3) is 3.10. The van der Waals surface area contributed by atoms with E-state index in [1.807, 2.05) is 19.2 Å². The average Bonchev–Trinajstić information content (AvgIpc) is 2.79. The Morgan fingerprint density at radius 1 is 1.32 bits per heavy atom. The summed E-state index contributed by atoms with van der Waals surface area (Å²) in [5, 5.41) is 3.41. The summed E-state index contributed by atoms with van der Waals surface area (Å²) in [7, 11) is 1.99. The summed E-state index contributed by atoms with van der Waals surface area (Å²) >= 11 is 0. The highest BCUT2D eigenvalue weighted by Crippen LogP contribution is 2.40. The van der Waals surface area contributed by atoms with Gasteiger partial charge in [-0.1, -0.05) is 18.2 Å². The number of hydrogen-bond donors (Lipinski definition) is 1. The van der Waals surface area contributed by atoms with Crippen molar-refractivity contribution in [3.63, 3.8) is 0 Å². The predicted octanol–water partition coefficient (Wildman–Crippen LogP) is 3.30. The van der Waals surface area contributed by atoms with Crippen LogP contribution in [0.25, 0.3) is 0 Å². The van der Waals surface area contributed by atoms with Crippen LogP contribution in [-0.2, 0) is 4.74 Å². The predicted molar refractivity (Wildman–Crippen MR) is 77.6 cm³/mol. The number of rotatable bonds is 5.